The van der Waals surface area contributed by atoms with Gasteiger partial charge in [0, 0.05) is 6.54 Å². The minimum absolute atomic E-state index is 0. The third-order valence-corrected chi connectivity index (χ3v) is 2.14. The van der Waals surface area contributed by atoms with Gasteiger partial charge < -0.3 is 11.1 Å². The molecule has 0 saturated heterocycles. The maximum atomic E-state index is 11.5. The Morgan fingerprint density at radius 2 is 2.06 bits per heavy atom. The molecule has 4 heteroatoms. The number of amides is 1. The Hall–Kier alpha value is -1.32. The van der Waals surface area contributed by atoms with Crippen molar-refractivity contribution in [2.75, 3.05) is 6.54 Å². The second-order valence-corrected chi connectivity index (χ2v) is 3.42. The van der Waals surface area contributed by atoms with E-state index < -0.39 is 6.04 Å². The van der Waals surface area contributed by atoms with Crippen molar-refractivity contribution in [3.05, 3.63) is 48.0 Å². The predicted octanol–water partition coefficient (Wildman–Crippen LogP) is 1.72. The summed E-state index contributed by atoms with van der Waals surface area (Å²) in [6.07, 6.45) is 1.62. The molecule has 1 atom stereocenters. The van der Waals surface area contributed by atoms with Crippen LogP contribution >= 0.6 is 12.4 Å². The molecular weight excluding hydrogens is 224 g/mol. The minimum Gasteiger partial charge on any atom is -0.351 e. The summed E-state index contributed by atoms with van der Waals surface area (Å²) in [6.45, 7) is 5.96. The Kier molecular flexibility index (Phi) is 6.46. The van der Waals surface area contributed by atoms with Gasteiger partial charge >= 0.3 is 0 Å². The Morgan fingerprint density at radius 3 is 2.56 bits per heavy atom. The third-order valence-electron chi connectivity index (χ3n) is 2.14. The first-order valence-corrected chi connectivity index (χ1v) is 4.86. The molecule has 0 saturated carbocycles. The maximum Gasteiger partial charge on any atom is 0.241 e. The fourth-order valence-corrected chi connectivity index (χ4v) is 1.21. The second-order valence-electron chi connectivity index (χ2n) is 3.42. The number of rotatable bonds is 4. The van der Waals surface area contributed by atoms with Gasteiger partial charge in [0.1, 0.15) is 6.04 Å². The third kappa shape index (κ3) is 4.04. The highest BCUT2D eigenvalue weighted by atomic mass is 35.5. The van der Waals surface area contributed by atoms with Crippen LogP contribution in [-0.4, -0.2) is 12.5 Å². The molecule has 88 valence electrons. The predicted molar refractivity (Wildman–Crippen MR) is 68.6 cm³/mol. The van der Waals surface area contributed by atoms with Crippen molar-refractivity contribution in [1.82, 2.24) is 5.32 Å². The van der Waals surface area contributed by atoms with E-state index in [9.17, 15) is 4.79 Å². The van der Waals surface area contributed by atoms with Crippen molar-refractivity contribution in [3.63, 3.8) is 0 Å². The van der Waals surface area contributed by atoms with Crippen LogP contribution in [0.5, 0.6) is 0 Å². The fraction of sp³-hybridized carbons (Fsp3) is 0.250. The van der Waals surface area contributed by atoms with E-state index in [1.807, 2.05) is 31.2 Å². The van der Waals surface area contributed by atoms with Crippen LogP contribution in [0.1, 0.15) is 17.2 Å². The van der Waals surface area contributed by atoms with Gasteiger partial charge in [-0.25, -0.2) is 0 Å². The Morgan fingerprint density at radius 1 is 1.50 bits per heavy atom. The first-order valence-electron chi connectivity index (χ1n) is 4.86. The molecule has 3 N–H and O–H groups in total. The molecular formula is C12H17ClN2O. The summed E-state index contributed by atoms with van der Waals surface area (Å²) in [4.78, 5) is 11.5. The summed E-state index contributed by atoms with van der Waals surface area (Å²) in [5.41, 5.74) is 7.75. The number of carbonyl (C=O) groups excluding carboxylic acids is 1. The minimum atomic E-state index is -0.606. The van der Waals surface area contributed by atoms with Gasteiger partial charge in [-0.2, -0.15) is 0 Å². The van der Waals surface area contributed by atoms with E-state index >= 15 is 0 Å². The maximum absolute atomic E-state index is 11.5. The molecule has 1 amide bonds. The molecule has 1 aromatic carbocycles. The van der Waals surface area contributed by atoms with Crippen LogP contribution in [0, 0.1) is 6.92 Å². The first-order chi connectivity index (χ1) is 7.15. The number of aryl methyl sites for hydroxylation is 1. The molecule has 0 fully saturated rings. The van der Waals surface area contributed by atoms with Gasteiger partial charge in [0.15, 0.2) is 0 Å². The largest absolute Gasteiger partial charge is 0.351 e. The Balaban J connectivity index is 0.00000225. The monoisotopic (exact) mass is 240 g/mol. The summed E-state index contributed by atoms with van der Waals surface area (Å²) < 4.78 is 0. The van der Waals surface area contributed by atoms with E-state index in [1.165, 1.54) is 0 Å². The van der Waals surface area contributed by atoms with Gasteiger partial charge in [-0.15, -0.1) is 19.0 Å². The summed E-state index contributed by atoms with van der Waals surface area (Å²) in [5.74, 6) is -0.182. The highest BCUT2D eigenvalue weighted by Crippen LogP contribution is 2.11. The van der Waals surface area contributed by atoms with Crippen LogP contribution in [0.3, 0.4) is 0 Å². The number of hydrogen-bond donors (Lipinski definition) is 2. The quantitative estimate of drug-likeness (QED) is 0.788. The number of halogens is 1. The van der Waals surface area contributed by atoms with Crippen molar-refractivity contribution in [2.24, 2.45) is 5.73 Å². The van der Waals surface area contributed by atoms with E-state index in [4.69, 9.17) is 5.73 Å². The standard InChI is InChI=1S/C12H16N2O.ClH/c1-3-8-14-12(15)11(13)10-6-4-9(2)5-7-10;/h3-7,11H,1,8,13H2,2H3,(H,14,15);1H. The number of nitrogens with two attached hydrogens (primary N) is 1. The molecule has 0 aliphatic rings. The normalized spacial score (nSPS) is 11.1. The van der Waals surface area contributed by atoms with E-state index in [2.05, 4.69) is 11.9 Å². The number of carbonyl (C=O) groups is 1. The van der Waals surface area contributed by atoms with E-state index in [1.54, 1.807) is 6.08 Å². The van der Waals surface area contributed by atoms with Crippen LogP contribution in [0.4, 0.5) is 0 Å². The van der Waals surface area contributed by atoms with Gasteiger partial charge in [-0.3, -0.25) is 4.79 Å². The Bertz CT molecular complexity index is 349. The van der Waals surface area contributed by atoms with Gasteiger partial charge in [-0.05, 0) is 12.5 Å². The molecule has 3 nitrogen and oxygen atoms in total. The molecule has 0 aliphatic carbocycles. The summed E-state index contributed by atoms with van der Waals surface area (Å²) in [7, 11) is 0. The molecule has 0 bridgehead atoms. The lowest BCUT2D eigenvalue weighted by Gasteiger charge is -2.11. The SMILES string of the molecule is C=CCNC(=O)C(N)c1ccc(C)cc1.Cl. The van der Waals surface area contributed by atoms with Crippen molar-refractivity contribution >= 4 is 18.3 Å². The van der Waals surface area contributed by atoms with E-state index in [0.717, 1.165) is 11.1 Å². The molecule has 0 heterocycles. The van der Waals surface area contributed by atoms with Crippen molar-refractivity contribution in [3.8, 4) is 0 Å². The van der Waals surface area contributed by atoms with Crippen LogP contribution in [-0.2, 0) is 4.79 Å². The average Bonchev–Trinajstić information content (AvgIpc) is 2.26. The average molecular weight is 241 g/mol. The lowest BCUT2D eigenvalue weighted by atomic mass is 10.1. The van der Waals surface area contributed by atoms with Crippen LogP contribution in [0.25, 0.3) is 0 Å². The lowest BCUT2D eigenvalue weighted by Crippen LogP contribution is -2.34. The number of nitrogens with one attached hydrogen (secondary N) is 1. The van der Waals surface area contributed by atoms with Gasteiger partial charge in [-0.1, -0.05) is 35.9 Å². The van der Waals surface area contributed by atoms with Gasteiger partial charge in [0.2, 0.25) is 5.91 Å². The summed E-state index contributed by atoms with van der Waals surface area (Å²) in [5, 5.41) is 2.66. The fourth-order valence-electron chi connectivity index (χ4n) is 1.21. The summed E-state index contributed by atoms with van der Waals surface area (Å²) >= 11 is 0. The molecule has 1 unspecified atom stereocenters. The second kappa shape index (κ2) is 7.04. The van der Waals surface area contributed by atoms with E-state index in [-0.39, 0.29) is 18.3 Å². The van der Waals surface area contributed by atoms with E-state index in [0.29, 0.717) is 6.54 Å². The highest BCUT2D eigenvalue weighted by Gasteiger charge is 2.13. The van der Waals surface area contributed by atoms with Crippen molar-refractivity contribution in [1.29, 1.82) is 0 Å². The molecule has 0 aliphatic heterocycles. The van der Waals surface area contributed by atoms with Gasteiger partial charge in [0.05, 0.1) is 0 Å². The molecule has 16 heavy (non-hydrogen) atoms. The Labute approximate surface area is 102 Å². The molecule has 0 radical (unpaired) electrons. The van der Waals surface area contributed by atoms with Crippen LogP contribution in [0.2, 0.25) is 0 Å². The molecule has 0 spiro atoms. The zero-order valence-electron chi connectivity index (χ0n) is 9.27. The zero-order valence-corrected chi connectivity index (χ0v) is 10.1. The first kappa shape index (κ1) is 14.7. The zero-order chi connectivity index (χ0) is 11.3. The molecule has 0 aromatic heterocycles. The number of benzene rings is 1. The lowest BCUT2D eigenvalue weighted by molar-refractivity contribution is -0.122. The highest BCUT2D eigenvalue weighted by molar-refractivity contribution is 5.85. The number of hydrogen-bond acceptors (Lipinski definition) is 2. The van der Waals surface area contributed by atoms with Crippen molar-refractivity contribution in [2.45, 2.75) is 13.0 Å². The summed E-state index contributed by atoms with van der Waals surface area (Å²) in [6, 6.07) is 7.01. The topological polar surface area (TPSA) is 55.1 Å². The molecule has 1 rings (SSSR count). The van der Waals surface area contributed by atoms with Crippen LogP contribution < -0.4 is 11.1 Å². The smallest absolute Gasteiger partial charge is 0.241 e. The van der Waals surface area contributed by atoms with Gasteiger partial charge in [0.25, 0.3) is 0 Å². The van der Waals surface area contributed by atoms with Crippen LogP contribution in [0.15, 0.2) is 36.9 Å². The van der Waals surface area contributed by atoms with Crippen molar-refractivity contribution < 1.29 is 4.79 Å². The molecule has 1 aromatic rings.